The molecule has 0 fully saturated rings. The van der Waals surface area contributed by atoms with E-state index in [0.717, 1.165) is 82.8 Å². The van der Waals surface area contributed by atoms with Gasteiger partial charge in [-0.3, -0.25) is 0 Å². The van der Waals surface area contributed by atoms with Gasteiger partial charge in [0.25, 0.3) is 0 Å². The molecule has 0 saturated carbocycles. The molecule has 3 unspecified atom stereocenters. The molecule has 8 aromatic carbocycles. The molecular formula is C56H48O6P2S. The lowest BCUT2D eigenvalue weighted by molar-refractivity contribution is 0.383. The largest absolute Gasteiger partial charge is 0.530 e. The standard InChI is InChI=1S/C56H48O6P2S/c1-36-44-23-16-24-46(36)55-54-47-22-11-9-19-41(47)31-34-51(54)61-64(62-56(55)38(44)3)60-50-26-13-15-28-53(50)65(4,5)52-27-14-12-25-49(52)59-63(57-43-32-29-39-17-6-7-20-42(39)35-43)58-48-33-30-40-18-8-10-21-45(40)37(48)2/h8-35,38H,6-7H2,1-5H3. The van der Waals surface area contributed by atoms with Gasteiger partial charge in [0.1, 0.15) is 34.3 Å². The summed E-state index contributed by atoms with van der Waals surface area (Å²) >= 11 is 0. The number of fused-ring (bicyclic) bond motifs is 10. The van der Waals surface area contributed by atoms with E-state index in [0.29, 0.717) is 23.0 Å². The van der Waals surface area contributed by atoms with Crippen molar-refractivity contribution < 1.29 is 26.5 Å². The summed E-state index contributed by atoms with van der Waals surface area (Å²) in [6.07, 6.45) is 11.1. The first kappa shape index (κ1) is 41.4. The highest BCUT2D eigenvalue weighted by atomic mass is 32.3. The molecule has 3 atom stereocenters. The normalized spacial score (nSPS) is 15.0. The van der Waals surface area contributed by atoms with Crippen LogP contribution in [0.5, 0.6) is 23.0 Å². The predicted molar refractivity (Wildman–Crippen MR) is 270 cm³/mol. The number of hydrogen-bond acceptors (Lipinski definition) is 6. The Balaban J connectivity index is 0.989. The molecule has 0 saturated heterocycles. The van der Waals surface area contributed by atoms with Gasteiger partial charge in [-0.15, -0.1) is 0 Å². The minimum atomic E-state index is -1.99. The first-order valence-electron chi connectivity index (χ1n) is 22.0. The lowest BCUT2D eigenvalue weighted by atomic mass is 9.80. The fraction of sp³-hybridized carbons (Fsp3) is 0.143. The number of para-hydroxylation sites is 2. The molecule has 9 heteroatoms. The Morgan fingerprint density at radius 3 is 2.06 bits per heavy atom. The highest BCUT2D eigenvalue weighted by Gasteiger charge is 2.32. The van der Waals surface area contributed by atoms with E-state index in [-0.39, 0.29) is 5.92 Å². The number of hydrogen-bond donors (Lipinski definition) is 0. The summed E-state index contributed by atoms with van der Waals surface area (Å²) in [5.41, 5.74) is 6.50. The number of aryl methyl sites for hydroxylation is 1. The van der Waals surface area contributed by atoms with Gasteiger partial charge in [0.15, 0.2) is 0 Å². The van der Waals surface area contributed by atoms with Crippen molar-refractivity contribution in [1.29, 1.82) is 0 Å². The molecule has 6 nitrogen and oxygen atoms in total. The Morgan fingerprint density at radius 2 is 1.25 bits per heavy atom. The van der Waals surface area contributed by atoms with E-state index in [9.17, 15) is 0 Å². The molecule has 1 heterocycles. The van der Waals surface area contributed by atoms with Crippen LogP contribution in [0.4, 0.5) is 0 Å². The van der Waals surface area contributed by atoms with Gasteiger partial charge in [0, 0.05) is 26.7 Å². The van der Waals surface area contributed by atoms with E-state index in [4.69, 9.17) is 26.5 Å². The molecule has 1 aromatic heterocycles. The van der Waals surface area contributed by atoms with Gasteiger partial charge in [-0.05, 0) is 142 Å². The maximum Gasteiger partial charge on any atom is 0.530 e. The maximum atomic E-state index is 7.02. The predicted octanol–water partition coefficient (Wildman–Crippen LogP) is 15.6. The SMILES string of the molecule is Cc1c2cccc1C(C)c1op(Oc3ccccc3S(C)(C)c3ccccc3OP(Oc3ccc4c(c3)=CCCC=4)Oc3ccc4ccccc4c3C)oc3ccc4ccccc4c3c1-2. The quantitative estimate of drug-likeness (QED) is 0.127. The summed E-state index contributed by atoms with van der Waals surface area (Å²) < 4.78 is 41.4. The summed E-state index contributed by atoms with van der Waals surface area (Å²) in [5, 5.41) is 7.94. The zero-order valence-corrected chi connectivity index (χ0v) is 39.5. The average Bonchev–Trinajstić information content (AvgIpc) is 3.49. The third kappa shape index (κ3) is 7.56. The van der Waals surface area contributed by atoms with Crippen molar-refractivity contribution in [2.75, 3.05) is 12.5 Å². The van der Waals surface area contributed by atoms with Gasteiger partial charge in [-0.25, -0.2) is 0 Å². The van der Waals surface area contributed by atoms with E-state index >= 15 is 0 Å². The third-order valence-electron chi connectivity index (χ3n) is 12.8. The van der Waals surface area contributed by atoms with E-state index in [1.165, 1.54) is 16.3 Å². The lowest BCUT2D eigenvalue weighted by Crippen LogP contribution is -2.26. The van der Waals surface area contributed by atoms with Crippen LogP contribution in [0, 0.1) is 13.8 Å². The van der Waals surface area contributed by atoms with E-state index in [1.807, 2.05) is 36.4 Å². The van der Waals surface area contributed by atoms with E-state index in [2.05, 4.69) is 167 Å². The smallest absolute Gasteiger partial charge is 0.408 e. The van der Waals surface area contributed by atoms with Gasteiger partial charge < -0.3 is 26.5 Å². The van der Waals surface area contributed by atoms with Crippen molar-refractivity contribution in [1.82, 2.24) is 0 Å². The van der Waals surface area contributed by atoms with Crippen LogP contribution in [0.3, 0.4) is 0 Å². The molecule has 11 rings (SSSR count). The zero-order valence-electron chi connectivity index (χ0n) is 36.9. The van der Waals surface area contributed by atoms with Crippen molar-refractivity contribution in [3.63, 3.8) is 0 Å². The lowest BCUT2D eigenvalue weighted by Gasteiger charge is -2.34. The van der Waals surface area contributed by atoms with Crippen LogP contribution in [0.15, 0.2) is 176 Å². The van der Waals surface area contributed by atoms with Crippen LogP contribution in [0.2, 0.25) is 0 Å². The zero-order chi connectivity index (χ0) is 44.2. The van der Waals surface area contributed by atoms with Gasteiger partial charge >= 0.3 is 16.8 Å². The van der Waals surface area contributed by atoms with Crippen LogP contribution in [-0.2, 0) is 0 Å². The van der Waals surface area contributed by atoms with E-state index < -0.39 is 26.9 Å². The molecule has 2 aliphatic rings. The van der Waals surface area contributed by atoms with Gasteiger partial charge in [0.05, 0.1) is 0 Å². The second-order valence-electron chi connectivity index (χ2n) is 17.0. The molecule has 0 spiro atoms. The molecule has 0 N–H and O–H groups in total. The summed E-state index contributed by atoms with van der Waals surface area (Å²) in [6, 6.07) is 54.3. The van der Waals surface area contributed by atoms with Crippen LogP contribution in [0.25, 0.3) is 55.8 Å². The number of benzene rings is 8. The summed E-state index contributed by atoms with van der Waals surface area (Å²) in [4.78, 5) is 2.05. The Hall–Kier alpha value is -6.36. The fourth-order valence-electron chi connectivity index (χ4n) is 9.42. The van der Waals surface area contributed by atoms with Crippen molar-refractivity contribution in [2.45, 2.75) is 49.3 Å². The van der Waals surface area contributed by atoms with Crippen LogP contribution in [0.1, 0.15) is 48.1 Å². The maximum absolute atomic E-state index is 7.02. The molecule has 65 heavy (non-hydrogen) atoms. The fourth-order valence-corrected chi connectivity index (χ4v) is 14.1. The van der Waals surface area contributed by atoms with Crippen molar-refractivity contribution >= 4 is 71.5 Å². The van der Waals surface area contributed by atoms with Gasteiger partial charge in [-0.2, -0.15) is 10.0 Å². The van der Waals surface area contributed by atoms with Crippen molar-refractivity contribution in [3.8, 4) is 34.1 Å². The molecular weight excluding hydrogens is 863 g/mol. The monoisotopic (exact) mass is 910 g/mol. The Morgan fingerprint density at radius 1 is 0.585 bits per heavy atom. The molecule has 2 aliphatic carbocycles. The van der Waals surface area contributed by atoms with Crippen LogP contribution < -0.4 is 28.5 Å². The minimum Gasteiger partial charge on any atom is -0.408 e. The average molecular weight is 911 g/mol. The Kier molecular flexibility index (Phi) is 10.7. The summed E-state index contributed by atoms with van der Waals surface area (Å²) in [5.74, 6) is 3.65. The summed E-state index contributed by atoms with van der Waals surface area (Å²) in [6.45, 7) is 6.51. The first-order valence-corrected chi connectivity index (χ1v) is 26.6. The highest BCUT2D eigenvalue weighted by Crippen LogP contribution is 2.64. The minimum absolute atomic E-state index is 0.00218. The second kappa shape index (κ2) is 16.9. The summed E-state index contributed by atoms with van der Waals surface area (Å²) in [7, 11) is -5.77. The molecule has 9 aromatic rings. The first-order chi connectivity index (χ1) is 31.7. The van der Waals surface area contributed by atoms with Crippen LogP contribution in [-0.4, -0.2) is 12.5 Å². The Labute approximate surface area is 382 Å². The second-order valence-corrected chi connectivity index (χ2v) is 22.6. The van der Waals surface area contributed by atoms with Gasteiger partial charge in [-0.1, -0.05) is 128 Å². The van der Waals surface area contributed by atoms with E-state index in [1.54, 1.807) is 0 Å². The number of rotatable bonds is 10. The Bertz CT molecular complexity index is 3510. The van der Waals surface area contributed by atoms with Crippen molar-refractivity contribution in [3.05, 3.63) is 191 Å². The molecule has 2 bridgehead atoms. The molecule has 0 aliphatic heterocycles. The third-order valence-corrected chi connectivity index (χ3v) is 17.8. The van der Waals surface area contributed by atoms with Crippen LogP contribution >= 0.6 is 26.9 Å². The van der Waals surface area contributed by atoms with Crippen molar-refractivity contribution in [2.24, 2.45) is 0 Å². The topological polar surface area (TPSA) is 63.2 Å². The molecule has 0 amide bonds. The highest BCUT2D eigenvalue weighted by molar-refractivity contribution is 8.32. The van der Waals surface area contributed by atoms with Gasteiger partial charge in [0.2, 0.25) is 0 Å². The molecule has 324 valence electrons. The molecule has 0 radical (unpaired) electrons.